The Bertz CT molecular complexity index is 1380. The number of amides is 1. The minimum Gasteiger partial charge on any atom is -0.493 e. The van der Waals surface area contributed by atoms with E-state index < -0.39 is 0 Å². The predicted molar refractivity (Wildman–Crippen MR) is 153 cm³/mol. The van der Waals surface area contributed by atoms with Crippen molar-refractivity contribution in [3.63, 3.8) is 0 Å². The van der Waals surface area contributed by atoms with Crippen LogP contribution in [0.2, 0.25) is 0 Å². The molecule has 1 N–H and O–H groups in total. The number of carbonyl (C=O) groups excluding carboxylic acids is 1. The molecule has 0 radical (unpaired) electrons. The summed E-state index contributed by atoms with van der Waals surface area (Å²) < 4.78 is 12.3. The van der Waals surface area contributed by atoms with Crippen molar-refractivity contribution in [3.8, 4) is 11.5 Å². The van der Waals surface area contributed by atoms with Crippen molar-refractivity contribution in [1.29, 1.82) is 0 Å². The van der Waals surface area contributed by atoms with Crippen molar-refractivity contribution in [1.82, 2.24) is 5.32 Å². The first-order valence-corrected chi connectivity index (χ1v) is 13.4. The Hall–Kier alpha value is -3.70. The fourth-order valence-corrected chi connectivity index (χ4v) is 5.29. The van der Waals surface area contributed by atoms with E-state index in [0.29, 0.717) is 23.8 Å². The molecule has 5 heteroatoms. The van der Waals surface area contributed by atoms with Crippen LogP contribution < -0.4 is 14.8 Å². The number of hydrogen-bond acceptors (Lipinski definition) is 4. The van der Waals surface area contributed by atoms with Crippen LogP contribution in [-0.2, 0) is 6.42 Å². The molecule has 0 heterocycles. The van der Waals surface area contributed by atoms with E-state index in [1.807, 2.05) is 54.6 Å². The number of fused-ring (bicyclic) bond motifs is 2. The monoisotopic (exact) mass is 509 g/mol. The molecular weight excluding hydrogens is 478 g/mol. The quantitative estimate of drug-likeness (QED) is 0.181. The first-order valence-electron chi connectivity index (χ1n) is 13.0. The second kappa shape index (κ2) is 12.0. The summed E-state index contributed by atoms with van der Waals surface area (Å²) in [6.45, 7) is 1.33. The van der Waals surface area contributed by atoms with Crippen LogP contribution in [0.5, 0.6) is 11.5 Å². The molecular formula is C32H31NO3S. The molecule has 1 unspecified atom stereocenters. The number of thiocarbonyl (C=S) groups is 1. The number of rotatable bonds is 10. The van der Waals surface area contributed by atoms with Crippen LogP contribution >= 0.6 is 12.2 Å². The zero-order chi connectivity index (χ0) is 25.5. The van der Waals surface area contributed by atoms with Crippen LogP contribution in [0.1, 0.15) is 53.1 Å². The van der Waals surface area contributed by atoms with Crippen molar-refractivity contribution < 1.29 is 14.3 Å². The Morgan fingerprint density at radius 3 is 2.30 bits per heavy atom. The topological polar surface area (TPSA) is 47.6 Å². The first-order chi connectivity index (χ1) is 18.2. The number of hydrogen-bond donors (Lipinski definition) is 1. The van der Waals surface area contributed by atoms with Gasteiger partial charge in [-0.2, -0.15) is 0 Å². The SMILES string of the molecule is O=C(NC(=S)C1CCc2cccc(OCCCCCOc3cccc4ccccc34)c21)c1ccccc1. The van der Waals surface area contributed by atoms with Gasteiger partial charge in [0.15, 0.2) is 0 Å². The Labute approximate surface area is 223 Å². The van der Waals surface area contributed by atoms with Crippen LogP contribution in [0.25, 0.3) is 10.8 Å². The summed E-state index contributed by atoms with van der Waals surface area (Å²) in [4.78, 5) is 13.2. The fraction of sp³-hybridized carbons (Fsp3) is 0.250. The summed E-state index contributed by atoms with van der Waals surface area (Å²) in [6, 6.07) is 29.8. The van der Waals surface area contributed by atoms with E-state index in [1.54, 1.807) is 12.1 Å². The lowest BCUT2D eigenvalue weighted by molar-refractivity contribution is 0.0976. The van der Waals surface area contributed by atoms with Crippen molar-refractivity contribution in [2.24, 2.45) is 0 Å². The highest BCUT2D eigenvalue weighted by Crippen LogP contribution is 2.40. The highest BCUT2D eigenvalue weighted by atomic mass is 32.1. The summed E-state index contributed by atoms with van der Waals surface area (Å²) >= 11 is 5.68. The van der Waals surface area contributed by atoms with Crippen LogP contribution in [0.3, 0.4) is 0 Å². The Kier molecular flexibility index (Phi) is 8.11. The lowest BCUT2D eigenvalue weighted by Crippen LogP contribution is -2.32. The maximum absolute atomic E-state index is 12.6. The van der Waals surface area contributed by atoms with Gasteiger partial charge in [0, 0.05) is 22.4 Å². The molecule has 4 aromatic rings. The molecule has 188 valence electrons. The van der Waals surface area contributed by atoms with Crippen molar-refractivity contribution >= 4 is 33.9 Å². The third kappa shape index (κ3) is 6.00. The number of carbonyl (C=O) groups is 1. The van der Waals surface area contributed by atoms with Crippen LogP contribution in [0.4, 0.5) is 0 Å². The summed E-state index contributed by atoms with van der Waals surface area (Å²) in [7, 11) is 0. The number of unbranched alkanes of at least 4 members (excludes halogenated alkanes) is 2. The number of aryl methyl sites for hydroxylation is 1. The molecule has 5 rings (SSSR count). The molecule has 0 fully saturated rings. The summed E-state index contributed by atoms with van der Waals surface area (Å²) in [5, 5.41) is 5.29. The smallest absolute Gasteiger partial charge is 0.256 e. The molecule has 37 heavy (non-hydrogen) atoms. The first kappa shape index (κ1) is 25.0. The molecule has 0 aliphatic heterocycles. The maximum atomic E-state index is 12.6. The molecule has 1 aliphatic rings. The molecule has 0 aromatic heterocycles. The molecule has 0 spiro atoms. The van der Waals surface area contributed by atoms with Gasteiger partial charge in [0.25, 0.3) is 5.91 Å². The lowest BCUT2D eigenvalue weighted by atomic mass is 9.99. The zero-order valence-electron chi connectivity index (χ0n) is 20.8. The van der Waals surface area contributed by atoms with Gasteiger partial charge in [-0.05, 0) is 67.3 Å². The van der Waals surface area contributed by atoms with Gasteiger partial charge < -0.3 is 14.8 Å². The van der Waals surface area contributed by atoms with Crippen molar-refractivity contribution in [2.45, 2.75) is 38.0 Å². The molecule has 4 aromatic carbocycles. The van der Waals surface area contributed by atoms with E-state index in [-0.39, 0.29) is 11.8 Å². The van der Waals surface area contributed by atoms with E-state index >= 15 is 0 Å². The van der Waals surface area contributed by atoms with Gasteiger partial charge >= 0.3 is 0 Å². The summed E-state index contributed by atoms with van der Waals surface area (Å²) in [5.41, 5.74) is 2.99. The lowest BCUT2D eigenvalue weighted by Gasteiger charge is -2.18. The number of benzene rings is 4. The standard InChI is InChI=1S/C32H31NO3S/c34-31(25-12-3-1-4-13-25)33-32(37)27-20-19-24-15-10-18-29(30(24)27)36-22-8-2-7-21-35-28-17-9-14-23-11-5-6-16-26(23)28/h1,3-6,9-18,27H,2,7-8,19-22H2,(H,33,34,37). The molecule has 0 bridgehead atoms. The molecule has 1 aliphatic carbocycles. The maximum Gasteiger partial charge on any atom is 0.256 e. The minimum absolute atomic E-state index is 0.0112. The van der Waals surface area contributed by atoms with E-state index in [4.69, 9.17) is 21.7 Å². The van der Waals surface area contributed by atoms with Crippen LogP contribution in [0.15, 0.2) is 91.0 Å². The average Bonchev–Trinajstić information content (AvgIpc) is 3.38. The minimum atomic E-state index is -0.164. The summed E-state index contributed by atoms with van der Waals surface area (Å²) in [5.74, 6) is 1.64. The number of ether oxygens (including phenoxy) is 2. The highest BCUT2D eigenvalue weighted by molar-refractivity contribution is 7.80. The Morgan fingerprint density at radius 1 is 0.784 bits per heavy atom. The van der Waals surface area contributed by atoms with Gasteiger partial charge in [-0.1, -0.05) is 78.9 Å². The third-order valence-corrected chi connectivity index (χ3v) is 7.24. The van der Waals surface area contributed by atoms with E-state index in [2.05, 4.69) is 29.6 Å². The zero-order valence-corrected chi connectivity index (χ0v) is 21.6. The highest BCUT2D eigenvalue weighted by Gasteiger charge is 2.30. The fourth-order valence-electron chi connectivity index (χ4n) is 4.96. The second-order valence-electron chi connectivity index (χ2n) is 9.34. The van der Waals surface area contributed by atoms with Gasteiger partial charge in [0.1, 0.15) is 11.5 Å². The van der Waals surface area contributed by atoms with Crippen molar-refractivity contribution in [2.75, 3.05) is 13.2 Å². The largest absolute Gasteiger partial charge is 0.493 e. The van der Waals surface area contributed by atoms with Gasteiger partial charge in [-0.15, -0.1) is 0 Å². The normalized spacial score (nSPS) is 14.2. The van der Waals surface area contributed by atoms with E-state index in [1.165, 1.54) is 10.9 Å². The van der Waals surface area contributed by atoms with Gasteiger partial charge in [0.05, 0.1) is 18.2 Å². The summed E-state index contributed by atoms with van der Waals surface area (Å²) in [6.07, 6.45) is 4.76. The molecule has 1 amide bonds. The predicted octanol–water partition coefficient (Wildman–Crippen LogP) is 7.26. The molecule has 0 saturated carbocycles. The van der Waals surface area contributed by atoms with E-state index in [9.17, 15) is 4.79 Å². The molecule has 1 atom stereocenters. The molecule has 4 nitrogen and oxygen atoms in total. The third-order valence-electron chi connectivity index (χ3n) is 6.85. The Balaban J connectivity index is 1.10. The van der Waals surface area contributed by atoms with Crippen LogP contribution in [-0.4, -0.2) is 24.1 Å². The van der Waals surface area contributed by atoms with E-state index in [0.717, 1.165) is 54.6 Å². The van der Waals surface area contributed by atoms with Gasteiger partial charge in [-0.25, -0.2) is 0 Å². The molecule has 0 saturated heterocycles. The Morgan fingerprint density at radius 2 is 1.46 bits per heavy atom. The average molecular weight is 510 g/mol. The number of nitrogens with one attached hydrogen (secondary N) is 1. The second-order valence-corrected chi connectivity index (χ2v) is 9.78. The van der Waals surface area contributed by atoms with Gasteiger partial charge in [0.2, 0.25) is 0 Å². The van der Waals surface area contributed by atoms with Crippen LogP contribution in [0, 0.1) is 0 Å². The van der Waals surface area contributed by atoms with Crippen molar-refractivity contribution in [3.05, 3.63) is 108 Å². The van der Waals surface area contributed by atoms with Gasteiger partial charge in [-0.3, -0.25) is 4.79 Å².